The van der Waals surface area contributed by atoms with Crippen LogP contribution < -0.4 is 10.2 Å². The summed E-state index contributed by atoms with van der Waals surface area (Å²) in [7, 11) is 0. The number of hydrogen-bond acceptors (Lipinski definition) is 3. The van der Waals surface area contributed by atoms with Gasteiger partial charge in [-0.2, -0.15) is 0 Å². The Morgan fingerprint density at radius 3 is 2.41 bits per heavy atom. The van der Waals surface area contributed by atoms with Crippen LogP contribution in [0.3, 0.4) is 0 Å². The average Bonchev–Trinajstić information content (AvgIpc) is 2.71. The van der Waals surface area contributed by atoms with Gasteiger partial charge >= 0.3 is 6.03 Å². The van der Waals surface area contributed by atoms with Crippen LogP contribution in [0.25, 0.3) is 0 Å². The van der Waals surface area contributed by atoms with Crippen LogP contribution in [-0.2, 0) is 17.9 Å². The molecule has 1 heterocycles. The fourth-order valence-corrected chi connectivity index (χ4v) is 3.28. The van der Waals surface area contributed by atoms with Crippen LogP contribution in [0, 0.1) is 5.82 Å². The van der Waals surface area contributed by atoms with Crippen LogP contribution in [0.1, 0.15) is 31.9 Å². The average molecular weight is 400 g/mol. The SMILES string of the molecule is CC(C)(C)OCc1cccc(CNC(=O)N2CCN(c3ccccc3F)CC2)c1. The van der Waals surface area contributed by atoms with Crippen molar-refractivity contribution in [1.29, 1.82) is 0 Å². The summed E-state index contributed by atoms with van der Waals surface area (Å²) in [5.41, 5.74) is 2.54. The van der Waals surface area contributed by atoms with E-state index in [4.69, 9.17) is 4.74 Å². The summed E-state index contributed by atoms with van der Waals surface area (Å²) in [5.74, 6) is -0.222. The van der Waals surface area contributed by atoms with E-state index in [1.54, 1.807) is 17.0 Å². The number of carbonyl (C=O) groups is 1. The van der Waals surface area contributed by atoms with E-state index in [-0.39, 0.29) is 17.4 Å². The molecule has 6 heteroatoms. The first-order chi connectivity index (χ1) is 13.8. The second-order valence-corrected chi connectivity index (χ2v) is 8.31. The summed E-state index contributed by atoms with van der Waals surface area (Å²) < 4.78 is 19.8. The van der Waals surface area contributed by atoms with Crippen molar-refractivity contribution in [2.75, 3.05) is 31.1 Å². The monoisotopic (exact) mass is 399 g/mol. The molecule has 0 unspecified atom stereocenters. The van der Waals surface area contributed by atoms with Crippen molar-refractivity contribution < 1.29 is 13.9 Å². The van der Waals surface area contributed by atoms with Gasteiger partial charge in [0.05, 0.1) is 17.9 Å². The maximum atomic E-state index is 13.9. The lowest BCUT2D eigenvalue weighted by atomic mass is 10.1. The molecule has 1 aliphatic heterocycles. The molecular weight excluding hydrogens is 369 g/mol. The standard InChI is InChI=1S/C23H30FN3O2/c1-23(2,3)29-17-19-8-6-7-18(15-19)16-25-22(28)27-13-11-26(12-14-27)21-10-5-4-9-20(21)24/h4-10,15H,11-14,16-17H2,1-3H3,(H,25,28). The molecule has 1 N–H and O–H groups in total. The maximum absolute atomic E-state index is 13.9. The second-order valence-electron chi connectivity index (χ2n) is 8.31. The fraction of sp³-hybridized carbons (Fsp3) is 0.435. The van der Waals surface area contributed by atoms with E-state index in [1.807, 2.05) is 49.9 Å². The molecule has 2 aromatic rings. The number of ether oxygens (including phenoxy) is 1. The number of anilines is 1. The number of halogens is 1. The minimum absolute atomic E-state index is 0.0884. The molecule has 2 amide bonds. The number of carbonyl (C=O) groups excluding carboxylic acids is 1. The summed E-state index contributed by atoms with van der Waals surface area (Å²) in [4.78, 5) is 16.3. The molecule has 156 valence electrons. The van der Waals surface area contributed by atoms with Gasteiger partial charge < -0.3 is 19.9 Å². The van der Waals surface area contributed by atoms with Crippen LogP contribution in [0.4, 0.5) is 14.9 Å². The number of nitrogens with zero attached hydrogens (tertiary/aromatic N) is 2. The second kappa shape index (κ2) is 9.27. The zero-order valence-corrected chi connectivity index (χ0v) is 17.5. The van der Waals surface area contributed by atoms with E-state index in [0.717, 1.165) is 11.1 Å². The third-order valence-corrected chi connectivity index (χ3v) is 4.87. The summed E-state index contributed by atoms with van der Waals surface area (Å²) in [6, 6.07) is 14.7. The first kappa shape index (κ1) is 21.1. The van der Waals surface area contributed by atoms with Crippen molar-refractivity contribution in [3.8, 4) is 0 Å². The molecule has 1 fully saturated rings. The molecule has 5 nitrogen and oxygen atoms in total. The first-order valence-electron chi connectivity index (χ1n) is 10.1. The van der Waals surface area contributed by atoms with Gasteiger partial charge in [0.2, 0.25) is 0 Å². The van der Waals surface area contributed by atoms with Crippen LogP contribution in [0.5, 0.6) is 0 Å². The first-order valence-corrected chi connectivity index (χ1v) is 10.1. The highest BCUT2D eigenvalue weighted by molar-refractivity contribution is 5.74. The van der Waals surface area contributed by atoms with E-state index >= 15 is 0 Å². The molecule has 1 saturated heterocycles. The number of rotatable bonds is 5. The maximum Gasteiger partial charge on any atom is 0.317 e. The minimum Gasteiger partial charge on any atom is -0.371 e. The van der Waals surface area contributed by atoms with Crippen molar-refractivity contribution in [1.82, 2.24) is 10.2 Å². The van der Waals surface area contributed by atoms with Gasteiger partial charge in [-0.15, -0.1) is 0 Å². The molecule has 0 radical (unpaired) electrons. The Morgan fingerprint density at radius 2 is 1.72 bits per heavy atom. The lowest BCUT2D eigenvalue weighted by Gasteiger charge is -2.36. The Hall–Kier alpha value is -2.60. The highest BCUT2D eigenvalue weighted by atomic mass is 19.1. The topological polar surface area (TPSA) is 44.8 Å². The van der Waals surface area contributed by atoms with Gasteiger partial charge in [0.25, 0.3) is 0 Å². The number of nitrogens with one attached hydrogen (secondary N) is 1. The van der Waals surface area contributed by atoms with Crippen LogP contribution in [-0.4, -0.2) is 42.7 Å². The van der Waals surface area contributed by atoms with Crippen molar-refractivity contribution in [3.63, 3.8) is 0 Å². The fourth-order valence-electron chi connectivity index (χ4n) is 3.28. The Morgan fingerprint density at radius 1 is 1.03 bits per heavy atom. The third-order valence-electron chi connectivity index (χ3n) is 4.87. The van der Waals surface area contributed by atoms with Crippen molar-refractivity contribution >= 4 is 11.7 Å². The van der Waals surface area contributed by atoms with E-state index in [2.05, 4.69) is 11.4 Å². The van der Waals surface area contributed by atoms with Gasteiger partial charge in [-0.1, -0.05) is 36.4 Å². The summed E-state index contributed by atoms with van der Waals surface area (Å²) in [6.45, 7) is 9.48. The van der Waals surface area contributed by atoms with E-state index in [9.17, 15) is 9.18 Å². The number of amides is 2. The summed E-state index contributed by atoms with van der Waals surface area (Å²) >= 11 is 0. The molecule has 1 aliphatic rings. The van der Waals surface area contributed by atoms with E-state index in [0.29, 0.717) is 45.0 Å². The molecule has 0 atom stereocenters. The minimum atomic E-state index is -0.222. The van der Waals surface area contributed by atoms with E-state index < -0.39 is 0 Å². The molecule has 3 rings (SSSR count). The zero-order valence-electron chi connectivity index (χ0n) is 17.5. The lowest BCUT2D eigenvalue weighted by molar-refractivity contribution is -0.0149. The highest BCUT2D eigenvalue weighted by Crippen LogP contribution is 2.20. The normalized spacial score (nSPS) is 14.8. The molecule has 0 aromatic heterocycles. The lowest BCUT2D eigenvalue weighted by Crippen LogP contribution is -2.51. The third kappa shape index (κ3) is 6.19. The predicted octanol–water partition coefficient (Wildman–Crippen LogP) is 4.17. The molecular formula is C23H30FN3O2. The smallest absolute Gasteiger partial charge is 0.317 e. The van der Waals surface area contributed by atoms with Gasteiger partial charge in [-0.3, -0.25) is 0 Å². The van der Waals surface area contributed by atoms with Crippen LogP contribution >= 0.6 is 0 Å². The summed E-state index contributed by atoms with van der Waals surface area (Å²) in [6.07, 6.45) is 0. The summed E-state index contributed by atoms with van der Waals surface area (Å²) in [5, 5.41) is 2.99. The predicted molar refractivity (Wildman–Crippen MR) is 113 cm³/mol. The van der Waals surface area contributed by atoms with Crippen molar-refractivity contribution in [3.05, 3.63) is 65.5 Å². The Kier molecular flexibility index (Phi) is 6.75. The van der Waals surface area contributed by atoms with Crippen LogP contribution in [0.15, 0.2) is 48.5 Å². The zero-order chi connectivity index (χ0) is 20.9. The Balaban J connectivity index is 1.47. The number of para-hydroxylation sites is 1. The molecule has 2 aromatic carbocycles. The van der Waals surface area contributed by atoms with Crippen molar-refractivity contribution in [2.45, 2.75) is 39.5 Å². The molecule has 0 aliphatic carbocycles. The highest BCUT2D eigenvalue weighted by Gasteiger charge is 2.22. The molecule has 29 heavy (non-hydrogen) atoms. The number of urea groups is 1. The number of benzene rings is 2. The number of hydrogen-bond donors (Lipinski definition) is 1. The molecule has 0 bridgehead atoms. The van der Waals surface area contributed by atoms with Crippen LogP contribution in [0.2, 0.25) is 0 Å². The quantitative estimate of drug-likeness (QED) is 0.821. The van der Waals surface area contributed by atoms with Gasteiger partial charge in [0.15, 0.2) is 0 Å². The Labute approximate surface area is 172 Å². The van der Waals surface area contributed by atoms with Gasteiger partial charge in [0.1, 0.15) is 5.82 Å². The van der Waals surface area contributed by atoms with E-state index in [1.165, 1.54) is 6.07 Å². The molecule has 0 saturated carbocycles. The van der Waals surface area contributed by atoms with Crippen molar-refractivity contribution in [2.24, 2.45) is 0 Å². The van der Waals surface area contributed by atoms with Gasteiger partial charge in [-0.05, 0) is 44.0 Å². The molecule has 0 spiro atoms. The largest absolute Gasteiger partial charge is 0.371 e. The number of piperazine rings is 1. The van der Waals surface area contributed by atoms with Gasteiger partial charge in [-0.25, -0.2) is 9.18 Å². The van der Waals surface area contributed by atoms with Gasteiger partial charge in [0, 0.05) is 32.7 Å². The Bertz CT molecular complexity index is 827.